The molecular weight excluding hydrogens is 332 g/mol. The summed E-state index contributed by atoms with van der Waals surface area (Å²) in [7, 11) is -0.161. The highest BCUT2D eigenvalue weighted by atomic mass is 79.9. The van der Waals surface area contributed by atoms with Crippen LogP contribution in [-0.2, 0) is 14.6 Å². The molecular formula is C12H17BrN2O3S. The Labute approximate surface area is 121 Å². The van der Waals surface area contributed by atoms with E-state index in [0.29, 0.717) is 0 Å². The van der Waals surface area contributed by atoms with Gasteiger partial charge in [0.2, 0.25) is 5.91 Å². The van der Waals surface area contributed by atoms with Crippen molar-refractivity contribution in [3.63, 3.8) is 0 Å². The van der Waals surface area contributed by atoms with Crippen molar-refractivity contribution in [3.8, 4) is 0 Å². The van der Waals surface area contributed by atoms with E-state index in [0.717, 1.165) is 4.47 Å². The summed E-state index contributed by atoms with van der Waals surface area (Å²) >= 11 is 3.23. The van der Waals surface area contributed by atoms with Crippen LogP contribution in [0.2, 0.25) is 0 Å². The minimum Gasteiger partial charge on any atom is -0.398 e. The lowest BCUT2D eigenvalue weighted by Gasteiger charge is -2.11. The fourth-order valence-corrected chi connectivity index (χ4v) is 3.37. The number of hydrogen-bond donors (Lipinski definition) is 1. The van der Waals surface area contributed by atoms with E-state index in [1.807, 2.05) is 0 Å². The maximum Gasteiger partial charge on any atom is 0.222 e. The maximum absolute atomic E-state index is 12.1. The maximum atomic E-state index is 12.1. The summed E-state index contributed by atoms with van der Waals surface area (Å²) in [6.07, 6.45) is 0.498. The second kappa shape index (κ2) is 6.38. The zero-order chi connectivity index (χ0) is 14.6. The number of carbonyl (C=O) groups excluding carboxylic acids is 1. The number of nitrogen functional groups attached to an aromatic ring is 1. The first-order valence-corrected chi connectivity index (χ1v) is 8.16. The molecule has 0 aliphatic heterocycles. The zero-order valence-electron chi connectivity index (χ0n) is 10.9. The molecule has 1 aromatic rings. The number of rotatable bonds is 5. The molecule has 0 fully saturated rings. The molecule has 0 saturated heterocycles. The standard InChI is InChI=1S/C12H17BrN2O3S/c1-15(2)12(16)4-3-7-19(17,18)11-6-5-9(13)8-10(11)14/h5-6,8H,3-4,7,14H2,1-2H3. The Hall–Kier alpha value is -1.08. The van der Waals surface area contributed by atoms with Crippen molar-refractivity contribution in [1.82, 2.24) is 4.90 Å². The van der Waals surface area contributed by atoms with E-state index in [9.17, 15) is 13.2 Å². The van der Waals surface area contributed by atoms with Gasteiger partial charge in [0.15, 0.2) is 9.84 Å². The number of sulfone groups is 1. The number of nitrogens with two attached hydrogens (primary N) is 1. The minimum atomic E-state index is -3.45. The SMILES string of the molecule is CN(C)C(=O)CCCS(=O)(=O)c1ccc(Br)cc1N. The van der Waals surface area contributed by atoms with E-state index in [1.165, 1.54) is 11.0 Å². The molecule has 5 nitrogen and oxygen atoms in total. The van der Waals surface area contributed by atoms with Crippen molar-refractivity contribution < 1.29 is 13.2 Å². The fraction of sp³-hybridized carbons (Fsp3) is 0.417. The highest BCUT2D eigenvalue weighted by molar-refractivity contribution is 9.10. The smallest absolute Gasteiger partial charge is 0.222 e. The summed E-state index contributed by atoms with van der Waals surface area (Å²) in [5.74, 6) is -0.169. The number of anilines is 1. The summed E-state index contributed by atoms with van der Waals surface area (Å²) in [6.45, 7) is 0. The Bertz CT molecular complexity index is 570. The lowest BCUT2D eigenvalue weighted by molar-refractivity contribution is -0.128. The first kappa shape index (κ1) is 16.0. The van der Waals surface area contributed by atoms with Gasteiger partial charge in [0.05, 0.1) is 16.3 Å². The molecule has 2 N–H and O–H groups in total. The first-order chi connectivity index (χ1) is 8.74. The number of halogens is 1. The molecule has 1 amide bonds. The number of nitrogens with zero attached hydrogens (tertiary/aromatic N) is 1. The number of benzene rings is 1. The van der Waals surface area contributed by atoms with Gasteiger partial charge in [-0.25, -0.2) is 8.42 Å². The minimum absolute atomic E-state index is 0.0843. The van der Waals surface area contributed by atoms with Crippen LogP contribution < -0.4 is 5.73 Å². The topological polar surface area (TPSA) is 80.5 Å². The first-order valence-electron chi connectivity index (χ1n) is 5.72. The van der Waals surface area contributed by atoms with Crippen molar-refractivity contribution in [2.24, 2.45) is 0 Å². The van der Waals surface area contributed by atoms with Crippen molar-refractivity contribution in [3.05, 3.63) is 22.7 Å². The van der Waals surface area contributed by atoms with Gasteiger partial charge in [-0.05, 0) is 24.6 Å². The average molecular weight is 349 g/mol. The molecule has 0 aliphatic carbocycles. The molecule has 0 aromatic heterocycles. The largest absolute Gasteiger partial charge is 0.398 e. The zero-order valence-corrected chi connectivity index (χ0v) is 13.3. The van der Waals surface area contributed by atoms with Crippen LogP contribution in [0.1, 0.15) is 12.8 Å². The van der Waals surface area contributed by atoms with E-state index < -0.39 is 9.84 Å². The molecule has 0 bridgehead atoms. The third kappa shape index (κ3) is 4.50. The van der Waals surface area contributed by atoms with Gasteiger partial charge in [0.1, 0.15) is 0 Å². The summed E-state index contributed by atoms with van der Waals surface area (Å²) in [5.41, 5.74) is 5.92. The predicted molar refractivity (Wildman–Crippen MR) is 78.5 cm³/mol. The van der Waals surface area contributed by atoms with Crippen molar-refractivity contribution in [2.75, 3.05) is 25.6 Å². The van der Waals surface area contributed by atoms with Crippen LogP contribution >= 0.6 is 15.9 Å². The summed E-state index contributed by atoms with van der Waals surface area (Å²) in [5, 5.41) is 0. The molecule has 7 heteroatoms. The molecule has 19 heavy (non-hydrogen) atoms. The Morgan fingerprint density at radius 3 is 2.53 bits per heavy atom. The van der Waals surface area contributed by atoms with E-state index in [1.54, 1.807) is 26.2 Å². The molecule has 1 rings (SSSR count). The molecule has 106 valence electrons. The molecule has 0 spiro atoms. The lowest BCUT2D eigenvalue weighted by Crippen LogP contribution is -2.22. The number of amides is 1. The lowest BCUT2D eigenvalue weighted by atomic mass is 10.3. The normalized spacial score (nSPS) is 11.3. The number of hydrogen-bond acceptors (Lipinski definition) is 4. The van der Waals surface area contributed by atoms with Crippen LogP contribution in [0.3, 0.4) is 0 Å². The highest BCUT2D eigenvalue weighted by Gasteiger charge is 2.18. The molecule has 0 unspecified atom stereocenters. The van der Waals surface area contributed by atoms with Gasteiger partial charge in [0, 0.05) is 25.0 Å². The van der Waals surface area contributed by atoms with Crippen molar-refractivity contribution in [1.29, 1.82) is 0 Å². The van der Waals surface area contributed by atoms with Gasteiger partial charge in [0.25, 0.3) is 0 Å². The van der Waals surface area contributed by atoms with E-state index in [2.05, 4.69) is 15.9 Å². The summed E-state index contributed by atoms with van der Waals surface area (Å²) in [4.78, 5) is 12.9. The van der Waals surface area contributed by atoms with E-state index in [-0.39, 0.29) is 35.1 Å². The Balaban J connectivity index is 2.74. The number of carbonyl (C=O) groups is 1. The van der Waals surface area contributed by atoms with Crippen LogP contribution in [0.4, 0.5) is 5.69 Å². The van der Waals surface area contributed by atoms with Gasteiger partial charge in [-0.3, -0.25) is 4.79 Å². The Morgan fingerprint density at radius 2 is 2.00 bits per heavy atom. The van der Waals surface area contributed by atoms with E-state index >= 15 is 0 Å². The third-order valence-electron chi connectivity index (χ3n) is 2.61. The molecule has 0 atom stereocenters. The van der Waals surface area contributed by atoms with Gasteiger partial charge >= 0.3 is 0 Å². The molecule has 0 heterocycles. The molecule has 1 aromatic carbocycles. The van der Waals surface area contributed by atoms with Gasteiger partial charge in [-0.15, -0.1) is 0 Å². The van der Waals surface area contributed by atoms with Gasteiger partial charge in [-0.2, -0.15) is 0 Å². The summed E-state index contributed by atoms with van der Waals surface area (Å²) < 4.78 is 24.9. The monoisotopic (exact) mass is 348 g/mol. The molecule has 0 aliphatic rings. The van der Waals surface area contributed by atoms with Gasteiger partial charge < -0.3 is 10.6 Å². The summed E-state index contributed by atoms with van der Waals surface area (Å²) in [6, 6.07) is 4.66. The average Bonchev–Trinajstić information content (AvgIpc) is 2.27. The highest BCUT2D eigenvalue weighted by Crippen LogP contribution is 2.24. The van der Waals surface area contributed by atoms with Crippen LogP contribution in [0.5, 0.6) is 0 Å². The van der Waals surface area contributed by atoms with Crippen molar-refractivity contribution in [2.45, 2.75) is 17.7 Å². The third-order valence-corrected chi connectivity index (χ3v) is 4.97. The Kier molecular flexibility index (Phi) is 5.37. The second-order valence-electron chi connectivity index (χ2n) is 4.39. The Morgan fingerprint density at radius 1 is 1.37 bits per heavy atom. The van der Waals surface area contributed by atoms with Crippen LogP contribution in [0.25, 0.3) is 0 Å². The van der Waals surface area contributed by atoms with Crippen molar-refractivity contribution >= 4 is 37.4 Å². The van der Waals surface area contributed by atoms with Gasteiger partial charge in [-0.1, -0.05) is 15.9 Å². The van der Waals surface area contributed by atoms with Crippen LogP contribution in [0, 0.1) is 0 Å². The fourth-order valence-electron chi connectivity index (χ4n) is 1.55. The molecule has 0 saturated carbocycles. The second-order valence-corrected chi connectivity index (χ2v) is 7.39. The quantitative estimate of drug-likeness (QED) is 0.820. The van der Waals surface area contributed by atoms with Crippen LogP contribution in [-0.4, -0.2) is 39.1 Å². The molecule has 0 radical (unpaired) electrons. The van der Waals surface area contributed by atoms with E-state index in [4.69, 9.17) is 5.73 Å². The van der Waals surface area contributed by atoms with Crippen LogP contribution in [0.15, 0.2) is 27.6 Å². The predicted octanol–water partition coefficient (Wildman–Crippen LogP) is 1.67.